The molecule has 1 saturated heterocycles. The molecule has 1 heterocycles. The van der Waals surface area contributed by atoms with Crippen molar-refractivity contribution in [1.82, 2.24) is 3.94 Å². The Morgan fingerprint density at radius 2 is 1.65 bits per heavy atom. The van der Waals surface area contributed by atoms with Crippen LogP contribution in [0.25, 0.3) is 0 Å². The van der Waals surface area contributed by atoms with Crippen molar-refractivity contribution in [3.63, 3.8) is 0 Å². The summed E-state index contributed by atoms with van der Waals surface area (Å²) < 4.78 is 7.69. The molecule has 0 bridgehead atoms. The van der Waals surface area contributed by atoms with Crippen molar-refractivity contribution in [1.29, 1.82) is 0 Å². The fourth-order valence-electron chi connectivity index (χ4n) is 1.64. The zero-order valence-corrected chi connectivity index (χ0v) is 13.3. The van der Waals surface area contributed by atoms with Gasteiger partial charge in [-0.3, -0.25) is 0 Å². The molecule has 0 unspecified atom stereocenters. The number of nitrogens with zero attached hydrogens (tertiary/aromatic N) is 2. The summed E-state index contributed by atoms with van der Waals surface area (Å²) in [5.74, 6) is 0. The molecule has 0 spiro atoms. The van der Waals surface area contributed by atoms with E-state index in [1.165, 1.54) is 3.94 Å². The summed E-state index contributed by atoms with van der Waals surface area (Å²) >= 11 is 11.6. The molecular formula is C12H27Cl2N2O+. The maximum Gasteiger partial charge on any atom is 0.102 e. The third-order valence-electron chi connectivity index (χ3n) is 3.27. The Labute approximate surface area is 116 Å². The van der Waals surface area contributed by atoms with Gasteiger partial charge in [-0.05, 0) is 37.4 Å². The van der Waals surface area contributed by atoms with Gasteiger partial charge >= 0.3 is 0 Å². The van der Waals surface area contributed by atoms with Crippen LogP contribution >= 0.6 is 23.6 Å². The van der Waals surface area contributed by atoms with Crippen molar-refractivity contribution in [3.05, 3.63) is 0 Å². The first-order valence-electron chi connectivity index (χ1n) is 6.39. The van der Waals surface area contributed by atoms with Crippen LogP contribution in [0, 0.1) is 0 Å². The van der Waals surface area contributed by atoms with Gasteiger partial charge in [0, 0.05) is 6.42 Å². The normalized spacial score (nSPS) is 19.8. The number of halogens is 2. The van der Waals surface area contributed by atoms with Gasteiger partial charge in [0.05, 0.1) is 32.3 Å². The van der Waals surface area contributed by atoms with Crippen molar-refractivity contribution < 1.29 is 9.22 Å². The second kappa shape index (κ2) is 7.80. The lowest BCUT2D eigenvalue weighted by Crippen LogP contribution is -2.54. The number of hydrogen-bond donors (Lipinski definition) is 0. The smallest absolute Gasteiger partial charge is 0.102 e. The fourth-order valence-corrected chi connectivity index (χ4v) is 1.80. The van der Waals surface area contributed by atoms with Crippen LogP contribution in [0.4, 0.5) is 0 Å². The summed E-state index contributed by atoms with van der Waals surface area (Å²) in [5.41, 5.74) is -0.164. The average molecular weight is 286 g/mol. The standard InChI is InChI=1S/C10H21Cl2N2O.C2H6/c1-10(2,13(11)12)4-5-14(3)6-8-15-9-7-14;1-2/h4-9H2,1-3H3;1-2H3/q+1;. The number of hydrogen-bond acceptors (Lipinski definition) is 2. The first-order valence-corrected chi connectivity index (χ1v) is 7.06. The molecule has 1 aliphatic heterocycles. The van der Waals surface area contributed by atoms with E-state index in [1.54, 1.807) is 0 Å². The minimum Gasteiger partial charge on any atom is -0.370 e. The average Bonchev–Trinajstić information content (AvgIpc) is 2.30. The molecule has 0 amide bonds. The van der Waals surface area contributed by atoms with E-state index < -0.39 is 0 Å². The van der Waals surface area contributed by atoms with Crippen molar-refractivity contribution in [3.8, 4) is 0 Å². The van der Waals surface area contributed by atoms with Crippen molar-refractivity contribution >= 4 is 23.6 Å². The Morgan fingerprint density at radius 3 is 2.06 bits per heavy atom. The Kier molecular flexibility index (Phi) is 8.01. The van der Waals surface area contributed by atoms with Gasteiger partial charge in [0.15, 0.2) is 0 Å². The SMILES string of the molecule is CC.CC(C)(CC[N+]1(C)CCOCC1)N(Cl)Cl. The molecule has 1 rings (SSSR count). The van der Waals surface area contributed by atoms with Crippen LogP contribution in [-0.4, -0.2) is 53.9 Å². The van der Waals surface area contributed by atoms with Crippen molar-refractivity contribution in [2.45, 2.75) is 39.7 Å². The minimum atomic E-state index is -0.164. The van der Waals surface area contributed by atoms with Crippen molar-refractivity contribution in [2.24, 2.45) is 0 Å². The van der Waals surface area contributed by atoms with Crippen LogP contribution in [0.3, 0.4) is 0 Å². The Morgan fingerprint density at radius 1 is 1.18 bits per heavy atom. The van der Waals surface area contributed by atoms with Gasteiger partial charge in [0.25, 0.3) is 0 Å². The molecule has 0 aromatic carbocycles. The lowest BCUT2D eigenvalue weighted by atomic mass is 10.0. The van der Waals surface area contributed by atoms with E-state index in [9.17, 15) is 0 Å². The van der Waals surface area contributed by atoms with E-state index in [1.807, 2.05) is 13.8 Å². The molecule has 0 N–H and O–H groups in total. The molecule has 1 fully saturated rings. The zero-order chi connectivity index (χ0) is 13.5. The maximum absolute atomic E-state index is 5.80. The predicted octanol–water partition coefficient (Wildman–Crippen LogP) is 3.27. The van der Waals surface area contributed by atoms with Crippen LogP contribution < -0.4 is 0 Å². The molecule has 17 heavy (non-hydrogen) atoms. The largest absolute Gasteiger partial charge is 0.370 e. The van der Waals surface area contributed by atoms with Gasteiger partial charge in [-0.25, -0.2) is 0 Å². The van der Waals surface area contributed by atoms with Crippen LogP contribution in [0.5, 0.6) is 0 Å². The fraction of sp³-hybridized carbons (Fsp3) is 1.00. The van der Waals surface area contributed by atoms with Gasteiger partial charge in [-0.1, -0.05) is 13.8 Å². The van der Waals surface area contributed by atoms with E-state index in [0.29, 0.717) is 0 Å². The highest BCUT2D eigenvalue weighted by atomic mass is 35.5. The molecule has 5 heteroatoms. The number of rotatable bonds is 4. The van der Waals surface area contributed by atoms with Crippen molar-refractivity contribution in [2.75, 3.05) is 39.9 Å². The topological polar surface area (TPSA) is 12.5 Å². The molecule has 0 aliphatic carbocycles. The quantitative estimate of drug-likeness (QED) is 0.581. The molecule has 0 atom stereocenters. The predicted molar refractivity (Wildman–Crippen MR) is 75.2 cm³/mol. The molecule has 0 saturated carbocycles. The number of likely N-dealkylation sites (N-methyl/N-ethyl adjacent to an activating group) is 1. The monoisotopic (exact) mass is 285 g/mol. The van der Waals surface area contributed by atoms with Crippen LogP contribution in [0.1, 0.15) is 34.1 Å². The molecule has 0 aromatic heterocycles. The Balaban J connectivity index is 0.00000121. The van der Waals surface area contributed by atoms with E-state index in [0.717, 1.165) is 43.8 Å². The molecule has 0 radical (unpaired) electrons. The number of morpholine rings is 1. The van der Waals surface area contributed by atoms with E-state index in [4.69, 9.17) is 28.3 Å². The van der Waals surface area contributed by atoms with Crippen LogP contribution in [-0.2, 0) is 4.74 Å². The molecular weight excluding hydrogens is 259 g/mol. The van der Waals surface area contributed by atoms with Crippen LogP contribution in [0.15, 0.2) is 0 Å². The lowest BCUT2D eigenvalue weighted by Gasteiger charge is -2.40. The summed E-state index contributed by atoms with van der Waals surface area (Å²) in [4.78, 5) is 0. The Bertz CT molecular complexity index is 205. The highest BCUT2D eigenvalue weighted by Crippen LogP contribution is 2.25. The van der Waals surface area contributed by atoms with Gasteiger partial charge in [0.2, 0.25) is 0 Å². The second-order valence-electron chi connectivity index (χ2n) is 5.20. The molecule has 1 aliphatic rings. The third kappa shape index (κ3) is 6.25. The third-order valence-corrected chi connectivity index (χ3v) is 4.19. The van der Waals surface area contributed by atoms with Gasteiger partial charge in [-0.15, -0.1) is 3.94 Å². The number of ether oxygens (including phenoxy) is 1. The summed E-state index contributed by atoms with van der Waals surface area (Å²) in [7, 11) is 2.27. The molecule has 3 nitrogen and oxygen atoms in total. The Hall–Kier alpha value is 0.460. The van der Waals surface area contributed by atoms with E-state index >= 15 is 0 Å². The summed E-state index contributed by atoms with van der Waals surface area (Å²) in [6, 6.07) is 0. The van der Waals surface area contributed by atoms with Gasteiger partial charge < -0.3 is 9.22 Å². The zero-order valence-electron chi connectivity index (χ0n) is 11.8. The summed E-state index contributed by atoms with van der Waals surface area (Å²) in [5, 5.41) is 0. The first kappa shape index (κ1) is 17.5. The highest BCUT2D eigenvalue weighted by molar-refractivity contribution is 6.34. The number of quaternary nitrogens is 1. The van der Waals surface area contributed by atoms with Crippen LogP contribution in [0.2, 0.25) is 0 Å². The molecule has 0 aromatic rings. The second-order valence-corrected chi connectivity index (χ2v) is 6.05. The maximum atomic E-state index is 5.80. The van der Waals surface area contributed by atoms with Gasteiger partial charge in [0.1, 0.15) is 13.1 Å². The summed E-state index contributed by atoms with van der Waals surface area (Å²) in [6.07, 6.45) is 0.983. The van der Waals surface area contributed by atoms with E-state index in [-0.39, 0.29) is 5.54 Å². The first-order chi connectivity index (χ1) is 7.86. The minimum absolute atomic E-state index is 0.164. The van der Waals surface area contributed by atoms with Gasteiger partial charge in [-0.2, -0.15) is 0 Å². The molecule has 104 valence electrons. The highest BCUT2D eigenvalue weighted by Gasteiger charge is 2.31. The summed E-state index contributed by atoms with van der Waals surface area (Å²) in [6.45, 7) is 13.1. The van der Waals surface area contributed by atoms with E-state index in [2.05, 4.69) is 20.9 Å². The lowest BCUT2D eigenvalue weighted by molar-refractivity contribution is -0.917.